The first-order chi connectivity index (χ1) is 14.8. The number of aryl methyl sites for hydroxylation is 2. The van der Waals surface area contributed by atoms with Crippen LogP contribution in [0.4, 0.5) is 5.69 Å². The fraction of sp³-hybridized carbons (Fsp3) is 0.120. The van der Waals surface area contributed by atoms with Gasteiger partial charge in [0, 0.05) is 15.2 Å². The van der Waals surface area contributed by atoms with E-state index in [4.69, 9.17) is 16.0 Å². The molecule has 1 aliphatic heterocycles. The normalized spacial score (nSPS) is 15.5. The van der Waals surface area contributed by atoms with Crippen molar-refractivity contribution in [2.24, 2.45) is 0 Å². The van der Waals surface area contributed by atoms with Gasteiger partial charge in [-0.1, -0.05) is 45.7 Å². The summed E-state index contributed by atoms with van der Waals surface area (Å²) in [6.07, 6.45) is 0. The van der Waals surface area contributed by atoms with Crippen molar-refractivity contribution in [3.05, 3.63) is 108 Å². The number of halogens is 2. The van der Waals surface area contributed by atoms with Crippen LogP contribution in [0, 0.1) is 13.8 Å². The molecule has 5 rings (SSSR count). The van der Waals surface area contributed by atoms with Crippen LogP contribution in [0.2, 0.25) is 5.02 Å². The van der Waals surface area contributed by atoms with E-state index in [1.807, 2.05) is 56.3 Å². The third kappa shape index (κ3) is 3.20. The zero-order valence-corrected chi connectivity index (χ0v) is 19.1. The summed E-state index contributed by atoms with van der Waals surface area (Å²) in [6.45, 7) is 4.02. The van der Waals surface area contributed by atoms with E-state index in [0.29, 0.717) is 27.2 Å². The zero-order valence-electron chi connectivity index (χ0n) is 16.8. The highest BCUT2D eigenvalue weighted by molar-refractivity contribution is 9.10. The highest BCUT2D eigenvalue weighted by atomic mass is 79.9. The molecule has 2 heterocycles. The summed E-state index contributed by atoms with van der Waals surface area (Å²) < 4.78 is 6.89. The predicted octanol–water partition coefficient (Wildman–Crippen LogP) is 6.58. The number of benzene rings is 3. The van der Waals surface area contributed by atoms with Gasteiger partial charge in [-0.25, -0.2) is 0 Å². The number of hydrogen-bond acceptors (Lipinski definition) is 3. The third-order valence-corrected chi connectivity index (χ3v) is 6.55. The van der Waals surface area contributed by atoms with E-state index in [1.54, 1.807) is 23.1 Å². The molecule has 6 heteroatoms. The first-order valence-corrected chi connectivity index (χ1v) is 10.9. The molecule has 1 unspecified atom stereocenters. The topological polar surface area (TPSA) is 50.5 Å². The molecule has 1 atom stereocenters. The average Bonchev–Trinajstić information content (AvgIpc) is 3.04. The van der Waals surface area contributed by atoms with Crippen LogP contribution in [0.5, 0.6) is 0 Å². The minimum Gasteiger partial charge on any atom is -0.450 e. The van der Waals surface area contributed by atoms with Gasteiger partial charge in [-0.15, -0.1) is 0 Å². The van der Waals surface area contributed by atoms with E-state index in [1.165, 1.54) is 0 Å². The largest absolute Gasteiger partial charge is 0.450 e. The van der Waals surface area contributed by atoms with E-state index in [-0.39, 0.29) is 17.1 Å². The van der Waals surface area contributed by atoms with Crippen LogP contribution in [0.3, 0.4) is 0 Å². The van der Waals surface area contributed by atoms with Gasteiger partial charge >= 0.3 is 0 Å². The summed E-state index contributed by atoms with van der Waals surface area (Å²) in [5.74, 6) is -0.258. The van der Waals surface area contributed by atoms with Crippen LogP contribution < -0.4 is 10.3 Å². The van der Waals surface area contributed by atoms with Crippen molar-refractivity contribution in [3.63, 3.8) is 0 Å². The standard InChI is InChI=1S/C25H17BrClNO3/c1-13-3-9-18(11-14(13)2)28-22(15-4-6-16(26)7-5-15)21-23(29)19-12-17(27)8-10-20(19)31-24(21)25(28)30/h3-12,22H,1-2H3. The van der Waals surface area contributed by atoms with E-state index in [9.17, 15) is 9.59 Å². The van der Waals surface area contributed by atoms with Gasteiger partial charge in [0.05, 0.1) is 17.0 Å². The maximum atomic E-state index is 13.6. The Morgan fingerprint density at radius 1 is 0.935 bits per heavy atom. The third-order valence-electron chi connectivity index (χ3n) is 5.79. The van der Waals surface area contributed by atoms with Crippen molar-refractivity contribution in [2.45, 2.75) is 19.9 Å². The lowest BCUT2D eigenvalue weighted by Crippen LogP contribution is -2.29. The second-order valence-electron chi connectivity index (χ2n) is 7.71. The highest BCUT2D eigenvalue weighted by Gasteiger charge is 2.43. The Bertz CT molecular complexity index is 1430. The molecule has 0 radical (unpaired) electrons. The smallest absolute Gasteiger partial charge is 0.295 e. The summed E-state index contributed by atoms with van der Waals surface area (Å²) in [4.78, 5) is 28.8. The number of hydrogen-bond donors (Lipinski definition) is 0. The molecule has 1 amide bonds. The molecule has 31 heavy (non-hydrogen) atoms. The molecular weight excluding hydrogens is 478 g/mol. The fourth-order valence-electron chi connectivity index (χ4n) is 4.05. The minimum absolute atomic E-state index is 0.0750. The Balaban J connectivity index is 1.82. The lowest BCUT2D eigenvalue weighted by atomic mass is 9.98. The van der Waals surface area contributed by atoms with Gasteiger partial charge < -0.3 is 4.42 Å². The molecule has 1 aliphatic rings. The van der Waals surface area contributed by atoms with E-state index >= 15 is 0 Å². The van der Waals surface area contributed by atoms with Gasteiger partial charge in [-0.2, -0.15) is 0 Å². The number of amides is 1. The lowest BCUT2D eigenvalue weighted by molar-refractivity contribution is 0.0971. The van der Waals surface area contributed by atoms with Crippen molar-refractivity contribution < 1.29 is 9.21 Å². The first kappa shape index (κ1) is 20.0. The summed E-state index contributed by atoms with van der Waals surface area (Å²) in [6, 6.07) is 17.7. The Morgan fingerprint density at radius 3 is 2.39 bits per heavy atom. The Hall–Kier alpha value is -2.89. The van der Waals surface area contributed by atoms with E-state index in [2.05, 4.69) is 15.9 Å². The minimum atomic E-state index is -0.600. The molecule has 154 valence electrons. The van der Waals surface area contributed by atoms with Crippen molar-refractivity contribution in [3.8, 4) is 0 Å². The van der Waals surface area contributed by atoms with Crippen LogP contribution in [0.25, 0.3) is 11.0 Å². The average molecular weight is 495 g/mol. The van der Waals surface area contributed by atoms with Gasteiger partial charge in [0.15, 0.2) is 5.43 Å². The molecule has 0 saturated heterocycles. The van der Waals surface area contributed by atoms with Gasteiger partial charge in [0.1, 0.15) is 5.58 Å². The van der Waals surface area contributed by atoms with Gasteiger partial charge in [0.2, 0.25) is 5.76 Å². The summed E-state index contributed by atoms with van der Waals surface area (Å²) in [5, 5.41) is 0.804. The van der Waals surface area contributed by atoms with Crippen LogP contribution in [-0.4, -0.2) is 5.91 Å². The number of nitrogens with zero attached hydrogens (tertiary/aromatic N) is 1. The zero-order chi connectivity index (χ0) is 21.9. The monoisotopic (exact) mass is 493 g/mol. The summed E-state index contributed by atoms with van der Waals surface area (Å²) in [5.41, 5.74) is 4.16. The Labute approximate surface area is 192 Å². The summed E-state index contributed by atoms with van der Waals surface area (Å²) in [7, 11) is 0. The van der Waals surface area contributed by atoms with Crippen LogP contribution in [-0.2, 0) is 0 Å². The number of fused-ring (bicyclic) bond motifs is 2. The highest BCUT2D eigenvalue weighted by Crippen LogP contribution is 2.42. The van der Waals surface area contributed by atoms with Crippen LogP contribution in [0.15, 0.2) is 74.3 Å². The van der Waals surface area contributed by atoms with Gasteiger partial charge in [0.25, 0.3) is 5.91 Å². The van der Waals surface area contributed by atoms with Crippen LogP contribution >= 0.6 is 27.5 Å². The van der Waals surface area contributed by atoms with Crippen molar-refractivity contribution in [2.75, 3.05) is 4.90 Å². The van der Waals surface area contributed by atoms with Crippen LogP contribution in [0.1, 0.15) is 38.9 Å². The second-order valence-corrected chi connectivity index (χ2v) is 9.06. The Morgan fingerprint density at radius 2 is 1.68 bits per heavy atom. The molecule has 0 aliphatic carbocycles. The van der Waals surface area contributed by atoms with Crippen molar-refractivity contribution >= 4 is 50.1 Å². The molecule has 1 aromatic heterocycles. The van der Waals surface area contributed by atoms with Gasteiger partial charge in [-0.05, 0) is 73.0 Å². The molecule has 0 spiro atoms. The van der Waals surface area contributed by atoms with E-state index in [0.717, 1.165) is 21.2 Å². The van der Waals surface area contributed by atoms with Crippen molar-refractivity contribution in [1.29, 1.82) is 0 Å². The number of rotatable bonds is 2. The quantitative estimate of drug-likeness (QED) is 0.316. The SMILES string of the molecule is Cc1ccc(N2C(=O)c3oc4ccc(Cl)cc4c(=O)c3C2c2ccc(Br)cc2)cc1C. The fourth-order valence-corrected chi connectivity index (χ4v) is 4.48. The molecule has 0 N–H and O–H groups in total. The predicted molar refractivity (Wildman–Crippen MR) is 126 cm³/mol. The maximum absolute atomic E-state index is 13.6. The molecule has 4 aromatic rings. The van der Waals surface area contributed by atoms with Gasteiger partial charge in [-0.3, -0.25) is 14.5 Å². The number of anilines is 1. The molecule has 0 bridgehead atoms. The van der Waals surface area contributed by atoms with E-state index < -0.39 is 6.04 Å². The molecule has 3 aromatic carbocycles. The molecular formula is C25H17BrClNO3. The first-order valence-electron chi connectivity index (χ1n) is 9.77. The molecule has 4 nitrogen and oxygen atoms in total. The maximum Gasteiger partial charge on any atom is 0.295 e. The Kier molecular flexibility index (Phi) is 4.76. The van der Waals surface area contributed by atoms with Crippen molar-refractivity contribution in [1.82, 2.24) is 0 Å². The number of carbonyl (C=O) groups excluding carboxylic acids is 1. The molecule has 0 fully saturated rings. The second kappa shape index (κ2) is 7.36. The lowest BCUT2D eigenvalue weighted by Gasteiger charge is -2.26. The number of carbonyl (C=O) groups is 1. The molecule has 0 saturated carbocycles. The summed E-state index contributed by atoms with van der Waals surface area (Å²) >= 11 is 9.59.